The van der Waals surface area contributed by atoms with Gasteiger partial charge in [-0.25, -0.2) is 0 Å². The zero-order chi connectivity index (χ0) is 20.7. The number of carbonyl (C=O) groups excluding carboxylic acids is 2. The normalized spacial score (nSPS) is 21.6. The topological polar surface area (TPSA) is 84.7 Å². The largest absolute Gasteiger partial charge is 0.493 e. The summed E-state index contributed by atoms with van der Waals surface area (Å²) >= 11 is 0. The SMILES string of the molecule is CC[C@H](N)C(=O)N1CCC2(CCCCc3ccccc3OCCCNC2=O)CC1. The van der Waals surface area contributed by atoms with E-state index in [1.54, 1.807) is 0 Å². The molecule has 6 nitrogen and oxygen atoms in total. The maximum Gasteiger partial charge on any atom is 0.239 e. The van der Waals surface area contributed by atoms with Gasteiger partial charge in [-0.3, -0.25) is 9.59 Å². The highest BCUT2D eigenvalue weighted by atomic mass is 16.5. The Bertz CT molecular complexity index is 698. The highest BCUT2D eigenvalue weighted by molar-refractivity contribution is 5.84. The lowest BCUT2D eigenvalue weighted by Gasteiger charge is -2.41. The Morgan fingerprint density at radius 1 is 1.21 bits per heavy atom. The first-order valence-electron chi connectivity index (χ1n) is 11.1. The minimum Gasteiger partial charge on any atom is -0.493 e. The molecule has 0 aromatic heterocycles. The second-order valence-electron chi connectivity index (χ2n) is 8.39. The molecule has 1 aromatic rings. The third-order valence-electron chi connectivity index (χ3n) is 6.46. The van der Waals surface area contributed by atoms with Crippen LogP contribution in [0.5, 0.6) is 5.75 Å². The average Bonchev–Trinajstić information content (AvgIpc) is 2.77. The second-order valence-corrected chi connectivity index (χ2v) is 8.39. The fourth-order valence-corrected chi connectivity index (χ4v) is 4.43. The Balaban J connectivity index is 1.66. The van der Waals surface area contributed by atoms with Crippen LogP contribution in [-0.2, 0) is 16.0 Å². The highest BCUT2D eigenvalue weighted by Gasteiger charge is 2.41. The summed E-state index contributed by atoms with van der Waals surface area (Å²) in [5.74, 6) is 1.12. The Morgan fingerprint density at radius 3 is 2.72 bits per heavy atom. The van der Waals surface area contributed by atoms with Crippen LogP contribution >= 0.6 is 0 Å². The van der Waals surface area contributed by atoms with Crippen molar-refractivity contribution in [2.75, 3.05) is 26.2 Å². The summed E-state index contributed by atoms with van der Waals surface area (Å²) in [6.07, 6.45) is 6.70. The second kappa shape index (κ2) is 10.1. The zero-order valence-corrected chi connectivity index (χ0v) is 17.6. The van der Waals surface area contributed by atoms with Crippen LogP contribution in [0.25, 0.3) is 0 Å². The smallest absolute Gasteiger partial charge is 0.239 e. The van der Waals surface area contributed by atoms with Gasteiger partial charge in [0.05, 0.1) is 18.1 Å². The van der Waals surface area contributed by atoms with Crippen LogP contribution in [-0.4, -0.2) is 49.0 Å². The number of carbonyl (C=O) groups is 2. The number of hydrogen-bond acceptors (Lipinski definition) is 4. The number of fused-ring (bicyclic) bond motifs is 1. The van der Waals surface area contributed by atoms with Crippen molar-refractivity contribution in [1.29, 1.82) is 0 Å². The van der Waals surface area contributed by atoms with Gasteiger partial charge in [-0.1, -0.05) is 31.5 Å². The number of nitrogens with zero attached hydrogens (tertiary/aromatic N) is 1. The van der Waals surface area contributed by atoms with Crippen molar-refractivity contribution >= 4 is 11.8 Å². The highest BCUT2D eigenvalue weighted by Crippen LogP contribution is 2.37. The number of amides is 2. The number of para-hydroxylation sites is 1. The summed E-state index contributed by atoms with van der Waals surface area (Å²) in [7, 11) is 0. The summed E-state index contributed by atoms with van der Waals surface area (Å²) in [5.41, 5.74) is 6.80. The van der Waals surface area contributed by atoms with Crippen molar-refractivity contribution < 1.29 is 14.3 Å². The molecule has 0 radical (unpaired) electrons. The molecule has 29 heavy (non-hydrogen) atoms. The van der Waals surface area contributed by atoms with E-state index in [1.165, 1.54) is 5.56 Å². The van der Waals surface area contributed by atoms with Gasteiger partial charge in [0.25, 0.3) is 0 Å². The number of hydrogen-bond donors (Lipinski definition) is 2. The van der Waals surface area contributed by atoms with Gasteiger partial charge in [0, 0.05) is 19.6 Å². The van der Waals surface area contributed by atoms with E-state index in [1.807, 2.05) is 24.0 Å². The third kappa shape index (κ3) is 5.30. The Kier molecular flexibility index (Phi) is 7.53. The first-order chi connectivity index (χ1) is 14.1. The van der Waals surface area contributed by atoms with Gasteiger partial charge in [-0.2, -0.15) is 0 Å². The van der Waals surface area contributed by atoms with Crippen LogP contribution in [0, 0.1) is 5.41 Å². The van der Waals surface area contributed by atoms with Gasteiger partial charge >= 0.3 is 0 Å². The molecule has 0 aliphatic carbocycles. The lowest BCUT2D eigenvalue weighted by molar-refractivity contribution is -0.141. The number of piperidine rings is 1. The van der Waals surface area contributed by atoms with Crippen molar-refractivity contribution in [2.45, 2.75) is 64.3 Å². The minimum absolute atomic E-state index is 0.0150. The quantitative estimate of drug-likeness (QED) is 0.798. The van der Waals surface area contributed by atoms with Gasteiger partial charge in [0.2, 0.25) is 11.8 Å². The number of benzene rings is 1. The van der Waals surface area contributed by atoms with E-state index < -0.39 is 6.04 Å². The van der Waals surface area contributed by atoms with Crippen LogP contribution < -0.4 is 15.8 Å². The van der Waals surface area contributed by atoms with E-state index in [0.29, 0.717) is 45.5 Å². The summed E-state index contributed by atoms with van der Waals surface area (Å²) in [6.45, 7) is 4.38. The Labute approximate surface area is 174 Å². The lowest BCUT2D eigenvalue weighted by Crippen LogP contribution is -2.53. The standard InChI is InChI=1S/C23H35N3O3/c1-2-19(24)21(27)26-15-12-23(13-16-26)11-6-5-9-18-8-3-4-10-20(18)29-17-7-14-25-22(23)28/h3-4,8,10,19H,2,5-7,9,11-17,24H2,1H3,(H,25,28)/t19-/m0/s1. The molecule has 1 atom stereocenters. The predicted molar refractivity (Wildman–Crippen MR) is 114 cm³/mol. The molecule has 2 aliphatic heterocycles. The molecule has 6 heteroatoms. The lowest BCUT2D eigenvalue weighted by atomic mass is 9.73. The molecule has 0 unspecified atom stereocenters. The number of nitrogens with one attached hydrogen (secondary N) is 1. The molecular weight excluding hydrogens is 366 g/mol. The molecule has 1 saturated heterocycles. The fourth-order valence-electron chi connectivity index (χ4n) is 4.43. The fraction of sp³-hybridized carbons (Fsp3) is 0.652. The molecule has 3 rings (SSSR count). The number of aryl methyl sites for hydroxylation is 1. The first kappa shape index (κ1) is 21.6. The van der Waals surface area contributed by atoms with Gasteiger partial charge in [-0.05, 0) is 56.6 Å². The Morgan fingerprint density at radius 2 is 1.97 bits per heavy atom. The average molecular weight is 402 g/mol. The molecule has 3 N–H and O–H groups in total. The van der Waals surface area contributed by atoms with Crippen molar-refractivity contribution in [2.24, 2.45) is 11.1 Å². The summed E-state index contributed by atoms with van der Waals surface area (Å²) in [4.78, 5) is 27.4. The molecule has 0 saturated carbocycles. The maximum absolute atomic E-state index is 13.1. The van der Waals surface area contributed by atoms with Crippen LogP contribution in [0.15, 0.2) is 24.3 Å². The van der Waals surface area contributed by atoms with E-state index in [9.17, 15) is 9.59 Å². The number of ether oxygens (including phenoxy) is 1. The summed E-state index contributed by atoms with van der Waals surface area (Å²) < 4.78 is 5.94. The summed E-state index contributed by atoms with van der Waals surface area (Å²) in [6, 6.07) is 7.80. The molecule has 0 bridgehead atoms. The maximum atomic E-state index is 13.1. The van der Waals surface area contributed by atoms with Gasteiger partial charge in [0.15, 0.2) is 0 Å². The number of rotatable bonds is 2. The van der Waals surface area contributed by atoms with Crippen molar-refractivity contribution in [1.82, 2.24) is 10.2 Å². The minimum atomic E-state index is -0.432. The van der Waals surface area contributed by atoms with Crippen molar-refractivity contribution in [3.05, 3.63) is 29.8 Å². The van der Waals surface area contributed by atoms with E-state index in [-0.39, 0.29) is 17.2 Å². The van der Waals surface area contributed by atoms with Crippen LogP contribution in [0.2, 0.25) is 0 Å². The molecule has 1 spiro atoms. The Hall–Kier alpha value is -2.08. The number of nitrogens with two attached hydrogens (primary N) is 1. The molecular formula is C23H35N3O3. The first-order valence-corrected chi connectivity index (χ1v) is 11.1. The number of likely N-dealkylation sites (tertiary alicyclic amines) is 1. The van der Waals surface area contributed by atoms with E-state index in [2.05, 4.69) is 17.4 Å². The molecule has 2 aliphatic rings. The molecule has 160 valence electrons. The van der Waals surface area contributed by atoms with Gasteiger partial charge in [0.1, 0.15) is 5.75 Å². The van der Waals surface area contributed by atoms with Crippen LogP contribution in [0.1, 0.15) is 57.4 Å². The molecule has 1 aromatic carbocycles. The van der Waals surface area contributed by atoms with E-state index in [4.69, 9.17) is 10.5 Å². The monoisotopic (exact) mass is 401 g/mol. The van der Waals surface area contributed by atoms with Crippen LogP contribution in [0.3, 0.4) is 0 Å². The van der Waals surface area contributed by atoms with Crippen LogP contribution in [0.4, 0.5) is 0 Å². The third-order valence-corrected chi connectivity index (χ3v) is 6.46. The van der Waals surface area contributed by atoms with E-state index >= 15 is 0 Å². The van der Waals surface area contributed by atoms with Gasteiger partial charge < -0.3 is 20.7 Å². The van der Waals surface area contributed by atoms with E-state index in [0.717, 1.165) is 37.9 Å². The predicted octanol–water partition coefficient (Wildman–Crippen LogP) is 2.64. The molecule has 2 amide bonds. The molecule has 2 heterocycles. The van der Waals surface area contributed by atoms with Crippen molar-refractivity contribution in [3.8, 4) is 5.75 Å². The summed E-state index contributed by atoms with van der Waals surface area (Å²) in [5, 5.41) is 3.14. The van der Waals surface area contributed by atoms with Gasteiger partial charge in [-0.15, -0.1) is 0 Å². The van der Waals surface area contributed by atoms with Crippen molar-refractivity contribution in [3.63, 3.8) is 0 Å². The molecule has 1 fully saturated rings. The zero-order valence-electron chi connectivity index (χ0n) is 17.6.